The molecule has 3 aromatic heterocycles. The Hall–Kier alpha value is -9.13. The molecule has 1 aliphatic heterocycles. The van der Waals surface area contributed by atoms with Crippen molar-refractivity contribution in [3.63, 3.8) is 0 Å². The monoisotopic (exact) mass is 1420 g/mol. The summed E-state index contributed by atoms with van der Waals surface area (Å²) in [4.78, 5) is 7.29. The van der Waals surface area contributed by atoms with E-state index in [1.807, 2.05) is 18.3 Å². The second-order valence-corrected chi connectivity index (χ2v) is 35.3. The minimum absolute atomic E-state index is 0. The molecule has 0 saturated carbocycles. The first-order valence-corrected chi connectivity index (χ1v) is 35.6. The van der Waals surface area contributed by atoms with Crippen molar-refractivity contribution in [3.05, 3.63) is 296 Å². The molecule has 0 saturated heterocycles. The Morgan fingerprint density at radius 1 is 0.407 bits per heavy atom. The van der Waals surface area contributed by atoms with Crippen molar-refractivity contribution >= 4 is 107 Å². The van der Waals surface area contributed by atoms with Crippen molar-refractivity contribution in [3.8, 4) is 28.4 Å². The van der Waals surface area contributed by atoms with Gasteiger partial charge in [0.2, 0.25) is 0 Å². The van der Waals surface area contributed by atoms with Gasteiger partial charge in [0, 0.05) is 38.5 Å². The molecule has 0 radical (unpaired) electrons. The summed E-state index contributed by atoms with van der Waals surface area (Å²) in [7, 11) is 0. The zero-order chi connectivity index (χ0) is 61.7. The molecule has 0 atom stereocenters. The van der Waals surface area contributed by atoms with Crippen molar-refractivity contribution < 1.29 is 25.8 Å². The number of aromatic nitrogens is 3. The van der Waals surface area contributed by atoms with Gasteiger partial charge >= 0.3 is 399 Å². The normalized spacial score (nSPS) is 12.6. The van der Waals surface area contributed by atoms with Gasteiger partial charge in [-0.3, -0.25) is 0 Å². The van der Waals surface area contributed by atoms with Gasteiger partial charge in [-0.2, -0.15) is 6.07 Å². The summed E-state index contributed by atoms with van der Waals surface area (Å²) in [5.41, 5.74) is 11.7. The molecule has 91 heavy (non-hydrogen) atoms. The van der Waals surface area contributed by atoms with Gasteiger partial charge in [0.25, 0.3) is 0 Å². The summed E-state index contributed by atoms with van der Waals surface area (Å²) >= 11 is -3.84. The zero-order valence-corrected chi connectivity index (χ0v) is 57.3. The van der Waals surface area contributed by atoms with Gasteiger partial charge in [0.05, 0.1) is 0 Å². The molecular formula is C84H71GeN4OPt-3. The SMILES string of the molecule is CC(C)(C)c1cc(-c2cccc3c4ccccc4c4ccccc4c4cc(C(C)(C)C)cc5c4n(c23)[CH-]N5c2[c-]c(Oc3[c-]c4c(cc3)c3ccccc3n4-c3cc(C(C)(C)C)ccn3)ccc2)c[c]([Ge]([c]2ccccc2)([c]2ccccc2)[c]2ccccc2)c1.[Pt]. The number of para-hydroxylation sites is 2. The fraction of sp³-hybridized carbons (Fsp3) is 0.143. The van der Waals surface area contributed by atoms with Crippen molar-refractivity contribution in [1.82, 2.24) is 14.1 Å². The van der Waals surface area contributed by atoms with E-state index in [0.29, 0.717) is 11.5 Å². The first-order valence-electron chi connectivity index (χ1n) is 31.4. The number of hydrogen-bond acceptors (Lipinski definition) is 3. The third-order valence-electron chi connectivity index (χ3n) is 18.5. The van der Waals surface area contributed by atoms with Crippen LogP contribution in [0.15, 0.2) is 261 Å². The quantitative estimate of drug-likeness (QED) is 0.107. The number of pyridine rings is 1. The van der Waals surface area contributed by atoms with Crippen LogP contribution in [-0.4, -0.2) is 27.4 Å². The first kappa shape index (κ1) is 59.5. The van der Waals surface area contributed by atoms with E-state index in [-0.39, 0.29) is 37.3 Å². The Morgan fingerprint density at radius 2 is 0.934 bits per heavy atom. The van der Waals surface area contributed by atoms with E-state index in [1.54, 1.807) is 0 Å². The largest absolute Gasteiger partial charge is 0 e. The summed E-state index contributed by atoms with van der Waals surface area (Å²) < 4.78 is 17.2. The number of benzene rings is 11. The minimum atomic E-state index is -3.84. The minimum Gasteiger partial charge on any atom is 0 e. The molecule has 0 fully saturated rings. The van der Waals surface area contributed by atoms with Gasteiger partial charge in [-0.05, 0) is 34.6 Å². The van der Waals surface area contributed by atoms with Crippen LogP contribution in [-0.2, 0) is 37.3 Å². The number of hydrogen-bond donors (Lipinski definition) is 0. The second kappa shape index (κ2) is 23.0. The molecule has 0 N–H and O–H groups in total. The maximum atomic E-state index is 6.96. The van der Waals surface area contributed by atoms with Crippen molar-refractivity contribution in [2.24, 2.45) is 0 Å². The molecule has 0 spiro atoms. The van der Waals surface area contributed by atoms with Gasteiger partial charge in [-0.25, -0.2) is 4.98 Å². The number of anilines is 2. The number of fused-ring (bicyclic) bond motifs is 10. The van der Waals surface area contributed by atoms with Crippen LogP contribution >= 0.6 is 0 Å². The fourth-order valence-electron chi connectivity index (χ4n) is 13.9. The molecule has 15 rings (SSSR count). The Labute approximate surface area is 551 Å². The standard InChI is InChI=1S/C84H71GeN4O.Pt/c1-82(2,3)57-45-46-86-79(52-57)89-76-42-24-23-39-72(76)73-44-43-66(54-77(73)89)90-65-34-25-33-64(53-65)87-55-88-80-67(40-26-41-74(80)70-37-21-19-35-68(70)69-36-20-22-38-71(69)75-50-59(84(7,8)9)51-78(87)81(75)88)56-47-58(83(4,5)6)49-63(48-56)85(60-27-13-10-14-28-60,61-29-15-11-16-30-61)62-31-17-12-18-32-62;/h10-52,55H,1-9H3;/q-3;. The van der Waals surface area contributed by atoms with Crippen LogP contribution in [0.4, 0.5) is 11.4 Å². The van der Waals surface area contributed by atoms with Gasteiger partial charge in [0.15, 0.2) is 0 Å². The number of rotatable bonds is 9. The molecule has 0 amide bonds. The van der Waals surface area contributed by atoms with E-state index in [1.165, 1.54) is 61.4 Å². The molecule has 0 bridgehead atoms. The summed E-state index contributed by atoms with van der Waals surface area (Å²) in [5.74, 6) is 2.01. The molecule has 14 aromatic rings. The molecule has 7 heteroatoms. The molecule has 1 aliphatic rings. The summed E-state index contributed by atoms with van der Waals surface area (Å²) in [6, 6.07) is 102. The third-order valence-corrected chi connectivity index (χ3v) is 28.5. The van der Waals surface area contributed by atoms with E-state index < -0.39 is 13.3 Å². The molecule has 450 valence electrons. The smallest absolute Gasteiger partial charge is 0 e. The second-order valence-electron chi connectivity index (χ2n) is 27.3. The fourth-order valence-corrected chi connectivity index (χ4v) is 24.0. The van der Waals surface area contributed by atoms with Gasteiger partial charge in [0.1, 0.15) is 5.82 Å². The molecule has 5 nitrogen and oxygen atoms in total. The Bertz CT molecular complexity index is 5110. The van der Waals surface area contributed by atoms with Crippen LogP contribution in [0.25, 0.3) is 82.1 Å². The maximum Gasteiger partial charge on any atom is 0 e. The van der Waals surface area contributed by atoms with Gasteiger partial charge < -0.3 is 4.57 Å². The Morgan fingerprint density at radius 3 is 1.55 bits per heavy atom. The Balaban J connectivity index is 0.00000721. The number of ether oxygens (including phenoxy) is 1. The topological polar surface area (TPSA) is 35.2 Å². The summed E-state index contributed by atoms with van der Waals surface area (Å²) in [5, 5.41) is 9.24. The molecule has 11 aromatic carbocycles. The summed E-state index contributed by atoms with van der Waals surface area (Å²) in [6.45, 7) is 23.1. The van der Waals surface area contributed by atoms with Gasteiger partial charge in [-0.1, -0.05) is 44.5 Å². The average Bonchev–Trinajstić information content (AvgIpc) is 1.71. The van der Waals surface area contributed by atoms with Crippen molar-refractivity contribution in [2.45, 2.75) is 78.6 Å². The van der Waals surface area contributed by atoms with Crippen LogP contribution in [0.5, 0.6) is 11.5 Å². The van der Waals surface area contributed by atoms with E-state index in [2.05, 4.69) is 338 Å². The van der Waals surface area contributed by atoms with E-state index >= 15 is 0 Å². The molecule has 4 heterocycles. The van der Waals surface area contributed by atoms with Crippen LogP contribution < -0.4 is 27.2 Å². The first-order chi connectivity index (χ1) is 43.5. The van der Waals surface area contributed by atoms with Crippen molar-refractivity contribution in [2.75, 3.05) is 4.90 Å². The van der Waals surface area contributed by atoms with E-state index in [4.69, 9.17) is 9.72 Å². The third kappa shape index (κ3) is 10.3. The molecular weight excluding hydrogens is 1350 g/mol. The molecule has 0 unspecified atom stereocenters. The van der Waals surface area contributed by atoms with Crippen molar-refractivity contribution in [1.29, 1.82) is 0 Å². The van der Waals surface area contributed by atoms with Crippen LogP contribution in [0.1, 0.15) is 79.0 Å². The van der Waals surface area contributed by atoms with Crippen LogP contribution in [0.3, 0.4) is 0 Å². The van der Waals surface area contributed by atoms with Gasteiger partial charge in [-0.15, -0.1) is 17.5 Å². The van der Waals surface area contributed by atoms with E-state index in [0.717, 1.165) is 66.4 Å². The Kier molecular flexibility index (Phi) is 15.0. The van der Waals surface area contributed by atoms with Crippen LogP contribution in [0.2, 0.25) is 0 Å². The zero-order valence-electron chi connectivity index (χ0n) is 52.9. The molecule has 0 aliphatic carbocycles. The predicted octanol–water partition coefficient (Wildman–Crippen LogP) is 19.2. The predicted molar refractivity (Wildman–Crippen MR) is 382 cm³/mol. The van der Waals surface area contributed by atoms with E-state index in [9.17, 15) is 0 Å². The van der Waals surface area contributed by atoms with Crippen LogP contribution in [0, 0.1) is 18.8 Å². The summed E-state index contributed by atoms with van der Waals surface area (Å²) in [6.07, 6.45) is 1.92. The number of nitrogens with zero attached hydrogens (tertiary/aromatic N) is 4. The maximum absolute atomic E-state index is 6.96. The average molecular weight is 1420 g/mol.